The summed E-state index contributed by atoms with van der Waals surface area (Å²) in [7, 11) is 0. The molecule has 1 aliphatic heterocycles. The number of fused-ring (bicyclic) bond motifs is 3. The highest BCUT2D eigenvalue weighted by molar-refractivity contribution is 7.09. The van der Waals surface area contributed by atoms with Crippen LogP contribution in [0.4, 0.5) is 5.69 Å². The van der Waals surface area contributed by atoms with Crippen LogP contribution in [0.5, 0.6) is 0 Å². The summed E-state index contributed by atoms with van der Waals surface area (Å²) >= 11 is 1.77. The van der Waals surface area contributed by atoms with Crippen LogP contribution in [0, 0.1) is 6.92 Å². The molecule has 1 atom stereocenters. The molecular formula is C21H21N2OS+. The zero-order chi connectivity index (χ0) is 17.6. The smallest absolute Gasteiger partial charge is 0.248 e. The van der Waals surface area contributed by atoms with Gasteiger partial charge < -0.3 is 4.90 Å². The Morgan fingerprint density at radius 3 is 2.60 bits per heavy atom. The minimum absolute atomic E-state index is 0.0898. The van der Waals surface area contributed by atoms with E-state index in [1.807, 2.05) is 23.1 Å². The molecule has 0 saturated carbocycles. The summed E-state index contributed by atoms with van der Waals surface area (Å²) in [6.07, 6.45) is 0. The molecule has 0 saturated heterocycles. The molecule has 1 amide bonds. The fourth-order valence-corrected chi connectivity index (χ4v) is 4.56. The Morgan fingerprint density at radius 1 is 1.16 bits per heavy atom. The Labute approximate surface area is 152 Å². The fourth-order valence-electron chi connectivity index (χ4n) is 3.48. The van der Waals surface area contributed by atoms with E-state index in [1.54, 1.807) is 18.3 Å². The number of aryl methyl sites for hydroxylation is 1. The third kappa shape index (κ3) is 2.67. The zero-order valence-corrected chi connectivity index (χ0v) is 15.5. The van der Waals surface area contributed by atoms with E-state index in [0.29, 0.717) is 6.54 Å². The molecule has 25 heavy (non-hydrogen) atoms. The first-order valence-electron chi connectivity index (χ1n) is 8.54. The average molecular weight is 349 g/mol. The van der Waals surface area contributed by atoms with Crippen LogP contribution < -0.4 is 9.47 Å². The Morgan fingerprint density at radius 2 is 1.88 bits per heavy atom. The van der Waals surface area contributed by atoms with Crippen LogP contribution in [-0.4, -0.2) is 12.5 Å². The number of aromatic nitrogens is 1. The van der Waals surface area contributed by atoms with Crippen molar-refractivity contribution in [2.75, 3.05) is 11.4 Å². The molecular weight excluding hydrogens is 328 g/mol. The van der Waals surface area contributed by atoms with Crippen molar-refractivity contribution in [1.82, 2.24) is 0 Å². The predicted molar refractivity (Wildman–Crippen MR) is 102 cm³/mol. The standard InChI is InChI=1S/C21H21N2OS/c1-14-8-10-17(11-9-14)20-13-25-21-15(2)12-22(16(3)24)18-6-4-5-7-19(18)23(20)21/h4-11,13,15H,12H2,1-3H3/q+1. The molecule has 1 unspecified atom stereocenters. The number of hydrogen-bond acceptors (Lipinski definition) is 2. The van der Waals surface area contributed by atoms with Crippen LogP contribution in [0.15, 0.2) is 53.9 Å². The van der Waals surface area contributed by atoms with Gasteiger partial charge in [0.15, 0.2) is 0 Å². The van der Waals surface area contributed by atoms with Gasteiger partial charge in [-0.2, -0.15) is 0 Å². The molecule has 0 N–H and O–H groups in total. The Hall–Kier alpha value is -2.46. The second kappa shape index (κ2) is 6.12. The second-order valence-electron chi connectivity index (χ2n) is 6.68. The van der Waals surface area contributed by atoms with E-state index in [4.69, 9.17) is 0 Å². The summed E-state index contributed by atoms with van der Waals surface area (Å²) in [6.45, 7) is 6.66. The van der Waals surface area contributed by atoms with E-state index in [0.717, 1.165) is 11.4 Å². The summed E-state index contributed by atoms with van der Waals surface area (Å²) in [5.74, 6) is 0.368. The van der Waals surface area contributed by atoms with E-state index >= 15 is 0 Å². The topological polar surface area (TPSA) is 24.2 Å². The molecule has 2 heterocycles. The molecule has 0 spiro atoms. The van der Waals surface area contributed by atoms with Gasteiger partial charge in [0.05, 0.1) is 11.3 Å². The molecule has 0 radical (unpaired) electrons. The highest BCUT2D eigenvalue weighted by atomic mass is 32.1. The lowest BCUT2D eigenvalue weighted by atomic mass is 10.1. The molecule has 3 nitrogen and oxygen atoms in total. The van der Waals surface area contributed by atoms with Crippen LogP contribution in [0.25, 0.3) is 16.9 Å². The zero-order valence-electron chi connectivity index (χ0n) is 14.7. The maximum atomic E-state index is 12.2. The normalized spacial score (nSPS) is 16.1. The van der Waals surface area contributed by atoms with Gasteiger partial charge in [0.1, 0.15) is 5.69 Å². The first-order valence-corrected chi connectivity index (χ1v) is 9.42. The predicted octanol–water partition coefficient (Wildman–Crippen LogP) is 4.47. The summed E-state index contributed by atoms with van der Waals surface area (Å²) in [4.78, 5) is 14.1. The van der Waals surface area contributed by atoms with E-state index < -0.39 is 0 Å². The van der Waals surface area contributed by atoms with Crippen molar-refractivity contribution in [3.8, 4) is 16.9 Å². The third-order valence-corrected chi connectivity index (χ3v) is 5.94. The van der Waals surface area contributed by atoms with Crippen LogP contribution in [0.3, 0.4) is 0 Å². The average Bonchev–Trinajstić information content (AvgIpc) is 3.00. The first-order chi connectivity index (χ1) is 12.1. The van der Waals surface area contributed by atoms with Crippen molar-refractivity contribution in [2.45, 2.75) is 26.7 Å². The quantitative estimate of drug-likeness (QED) is 0.595. The van der Waals surface area contributed by atoms with Gasteiger partial charge in [-0.05, 0) is 32.0 Å². The Kier molecular flexibility index (Phi) is 3.92. The number of rotatable bonds is 1. The van der Waals surface area contributed by atoms with Crippen molar-refractivity contribution in [2.24, 2.45) is 0 Å². The fraction of sp³-hybridized carbons (Fsp3) is 0.238. The maximum Gasteiger partial charge on any atom is 0.248 e. The van der Waals surface area contributed by atoms with Crippen molar-refractivity contribution in [3.05, 3.63) is 64.5 Å². The van der Waals surface area contributed by atoms with E-state index in [-0.39, 0.29) is 11.8 Å². The second-order valence-corrected chi connectivity index (χ2v) is 7.57. The molecule has 2 aromatic carbocycles. The summed E-state index contributed by atoms with van der Waals surface area (Å²) in [5, 5.41) is 3.52. The number of thiazole rings is 1. The van der Waals surface area contributed by atoms with Crippen LogP contribution >= 0.6 is 11.3 Å². The summed E-state index contributed by atoms with van der Waals surface area (Å²) in [6, 6.07) is 16.8. The number of anilines is 1. The first kappa shape index (κ1) is 16.0. The molecule has 1 aromatic heterocycles. The lowest BCUT2D eigenvalue weighted by Crippen LogP contribution is -2.35. The number of benzene rings is 2. The lowest BCUT2D eigenvalue weighted by molar-refractivity contribution is -0.586. The van der Waals surface area contributed by atoms with Crippen LogP contribution in [0.2, 0.25) is 0 Å². The third-order valence-electron chi connectivity index (χ3n) is 4.77. The maximum absolute atomic E-state index is 12.2. The lowest BCUT2D eigenvalue weighted by Gasteiger charge is -2.20. The molecule has 3 aromatic rings. The molecule has 1 aliphatic rings. The van der Waals surface area contributed by atoms with Gasteiger partial charge in [0.2, 0.25) is 22.3 Å². The molecule has 0 fully saturated rings. The minimum Gasteiger partial charge on any atom is -0.306 e. The number of hydrogen-bond donors (Lipinski definition) is 0. The van der Waals surface area contributed by atoms with Gasteiger partial charge in [-0.1, -0.05) is 41.2 Å². The monoisotopic (exact) mass is 349 g/mol. The highest BCUT2D eigenvalue weighted by Gasteiger charge is 2.36. The van der Waals surface area contributed by atoms with Gasteiger partial charge in [0, 0.05) is 25.1 Å². The Bertz CT molecular complexity index is 943. The largest absolute Gasteiger partial charge is 0.306 e. The van der Waals surface area contributed by atoms with Crippen LogP contribution in [-0.2, 0) is 4.79 Å². The van der Waals surface area contributed by atoms with Gasteiger partial charge in [-0.25, -0.2) is 0 Å². The number of para-hydroxylation sites is 2. The van der Waals surface area contributed by atoms with Crippen molar-refractivity contribution in [3.63, 3.8) is 0 Å². The molecule has 126 valence electrons. The minimum atomic E-state index is 0.0898. The Balaban J connectivity index is 1.98. The number of amides is 1. The molecule has 4 heteroatoms. The number of carbonyl (C=O) groups is 1. The molecule has 4 rings (SSSR count). The number of nitrogens with zero attached hydrogens (tertiary/aromatic N) is 2. The van der Waals surface area contributed by atoms with Gasteiger partial charge in [-0.3, -0.25) is 4.79 Å². The van der Waals surface area contributed by atoms with Crippen LogP contribution in [0.1, 0.15) is 30.3 Å². The van der Waals surface area contributed by atoms with Crippen molar-refractivity contribution in [1.29, 1.82) is 0 Å². The van der Waals surface area contributed by atoms with Gasteiger partial charge in [0.25, 0.3) is 0 Å². The van der Waals surface area contributed by atoms with E-state index in [9.17, 15) is 4.79 Å². The SMILES string of the molecule is CC(=O)N1CC(C)c2scc(-c3ccc(C)cc3)[n+]2-c2ccccc21. The summed E-state index contributed by atoms with van der Waals surface area (Å²) < 4.78 is 2.33. The van der Waals surface area contributed by atoms with E-state index in [1.165, 1.54) is 21.8 Å². The molecule has 0 aliphatic carbocycles. The number of carbonyl (C=O) groups excluding carboxylic acids is 1. The van der Waals surface area contributed by atoms with Crippen molar-refractivity contribution >= 4 is 22.9 Å². The van der Waals surface area contributed by atoms with Gasteiger partial charge in [-0.15, -0.1) is 4.57 Å². The summed E-state index contributed by atoms with van der Waals surface area (Å²) in [5.41, 5.74) is 5.70. The van der Waals surface area contributed by atoms with Gasteiger partial charge >= 0.3 is 0 Å². The highest BCUT2D eigenvalue weighted by Crippen LogP contribution is 2.34. The van der Waals surface area contributed by atoms with Crippen molar-refractivity contribution < 1.29 is 9.36 Å². The molecule has 0 bridgehead atoms. The van der Waals surface area contributed by atoms with E-state index in [2.05, 4.69) is 54.1 Å².